The Morgan fingerprint density at radius 3 is 2.81 bits per heavy atom. The van der Waals surface area contributed by atoms with Crippen molar-refractivity contribution in [1.29, 1.82) is 0 Å². The molecular weight excluding hydrogens is 407 g/mol. The fraction of sp³-hybridized carbons (Fsp3) is 0.467. The van der Waals surface area contributed by atoms with Crippen LogP contribution in [0.5, 0.6) is 0 Å². The minimum Gasteiger partial charge on any atom is -0.465 e. The van der Waals surface area contributed by atoms with Crippen LogP contribution in [-0.4, -0.2) is 34.1 Å². The van der Waals surface area contributed by atoms with Gasteiger partial charge in [-0.3, -0.25) is 4.79 Å². The number of esters is 1. The zero-order valence-corrected chi connectivity index (χ0v) is 15.4. The lowest BCUT2D eigenvalue weighted by atomic mass is 10.1. The summed E-state index contributed by atoms with van der Waals surface area (Å²) in [6.07, 6.45) is -3.21. The van der Waals surface area contributed by atoms with Gasteiger partial charge in [0.1, 0.15) is 26.8 Å². The van der Waals surface area contributed by atoms with Gasteiger partial charge in [0.2, 0.25) is 5.95 Å². The molecule has 3 heterocycles. The molecule has 0 aromatic carbocycles. The van der Waals surface area contributed by atoms with E-state index in [9.17, 15) is 18.0 Å². The van der Waals surface area contributed by atoms with Crippen LogP contribution in [-0.2, 0) is 21.1 Å². The first-order valence-corrected chi connectivity index (χ1v) is 9.24. The molecule has 0 spiro atoms. The molecule has 2 aliphatic rings. The Bertz CT molecular complexity index is 921. The van der Waals surface area contributed by atoms with Crippen molar-refractivity contribution >= 4 is 45.7 Å². The Hall–Kier alpha value is -2.14. The molecule has 7 nitrogen and oxygen atoms in total. The number of thiazole rings is 1. The van der Waals surface area contributed by atoms with Gasteiger partial charge in [-0.15, -0.1) is 0 Å². The average molecular weight is 420 g/mol. The third kappa shape index (κ3) is 2.98. The van der Waals surface area contributed by atoms with Gasteiger partial charge in [-0.05, 0) is 13.3 Å². The van der Waals surface area contributed by atoms with Crippen molar-refractivity contribution in [1.82, 2.24) is 15.0 Å². The van der Waals surface area contributed by atoms with E-state index in [1.54, 1.807) is 6.92 Å². The monoisotopic (exact) mass is 419 g/mol. The molecule has 144 valence electrons. The fourth-order valence-electron chi connectivity index (χ4n) is 3.06. The molecule has 1 aliphatic heterocycles. The maximum absolute atomic E-state index is 13.0. The molecular formula is C15H13ClF3N5O2S. The molecule has 2 fully saturated rings. The summed E-state index contributed by atoms with van der Waals surface area (Å²) < 4.78 is 44.2. The van der Waals surface area contributed by atoms with Gasteiger partial charge in [-0.1, -0.05) is 22.9 Å². The van der Waals surface area contributed by atoms with Gasteiger partial charge in [-0.2, -0.15) is 18.2 Å². The first kappa shape index (κ1) is 18.2. The number of carbonyl (C=O) groups is 1. The number of anilines is 3. The van der Waals surface area contributed by atoms with Gasteiger partial charge in [0, 0.05) is 18.7 Å². The first-order chi connectivity index (χ1) is 12.8. The second-order valence-electron chi connectivity index (χ2n) is 6.22. The summed E-state index contributed by atoms with van der Waals surface area (Å²) in [6, 6.07) is 0. The predicted molar refractivity (Wildman–Crippen MR) is 92.3 cm³/mol. The summed E-state index contributed by atoms with van der Waals surface area (Å²) in [5, 5.41) is 6.35. The van der Waals surface area contributed by atoms with Crippen LogP contribution in [0.25, 0.3) is 0 Å². The highest BCUT2D eigenvalue weighted by molar-refractivity contribution is 7.16. The highest BCUT2D eigenvalue weighted by Gasteiger charge is 2.69. The Morgan fingerprint density at radius 1 is 1.44 bits per heavy atom. The Kier molecular flexibility index (Phi) is 4.18. The van der Waals surface area contributed by atoms with Crippen LogP contribution in [0.3, 0.4) is 0 Å². The van der Waals surface area contributed by atoms with E-state index in [1.807, 2.05) is 0 Å². The number of fused-ring (bicyclic) bond motifs is 1. The van der Waals surface area contributed by atoms with Crippen LogP contribution in [0.15, 0.2) is 6.20 Å². The number of rotatable bonds is 5. The normalized spacial score (nSPS) is 23.7. The van der Waals surface area contributed by atoms with Crippen LogP contribution >= 0.6 is 22.9 Å². The smallest absolute Gasteiger partial charge is 0.421 e. The quantitative estimate of drug-likeness (QED) is 0.716. The van der Waals surface area contributed by atoms with Crippen LogP contribution in [0.2, 0.25) is 5.15 Å². The molecule has 27 heavy (non-hydrogen) atoms. The van der Waals surface area contributed by atoms with Gasteiger partial charge in [-0.25, -0.2) is 9.97 Å². The largest absolute Gasteiger partial charge is 0.465 e. The SMILES string of the molecule is CCNc1nc(Nc2sc(C34CC3COC4=O)nc2Cl)ncc1C(F)(F)F. The summed E-state index contributed by atoms with van der Waals surface area (Å²) in [6.45, 7) is 2.29. The lowest BCUT2D eigenvalue weighted by molar-refractivity contribution is -0.142. The van der Waals surface area contributed by atoms with Crippen molar-refractivity contribution in [2.24, 2.45) is 5.92 Å². The molecule has 4 rings (SSSR count). The van der Waals surface area contributed by atoms with E-state index in [1.165, 1.54) is 0 Å². The molecule has 2 aromatic heterocycles. The maximum Gasteiger partial charge on any atom is 0.421 e. The lowest BCUT2D eigenvalue weighted by Gasteiger charge is -2.13. The van der Waals surface area contributed by atoms with Crippen molar-refractivity contribution < 1.29 is 22.7 Å². The third-order valence-corrected chi connectivity index (χ3v) is 6.05. The molecule has 2 unspecified atom stereocenters. The Balaban J connectivity index is 1.62. The van der Waals surface area contributed by atoms with Crippen molar-refractivity contribution in [3.05, 3.63) is 21.9 Å². The highest BCUT2D eigenvalue weighted by atomic mass is 35.5. The molecule has 0 bridgehead atoms. The zero-order chi connectivity index (χ0) is 19.4. The Labute approximate surface area is 160 Å². The van der Waals surface area contributed by atoms with E-state index in [2.05, 4.69) is 25.6 Å². The molecule has 1 aliphatic carbocycles. The van der Waals surface area contributed by atoms with Crippen molar-refractivity contribution in [3.8, 4) is 0 Å². The fourth-order valence-corrected chi connectivity index (χ4v) is 4.47. The number of nitrogens with zero attached hydrogens (tertiary/aromatic N) is 3. The average Bonchev–Trinajstić information content (AvgIpc) is 3.10. The standard InChI is InChI=1S/C15H13ClF3N5O2S/c1-2-20-9-7(15(17,18)19)4-21-13(23-9)24-10-8(16)22-11(27-10)14-3-6(14)5-26-12(14)25/h4,6H,2-3,5H2,1H3,(H2,20,21,23,24). The molecule has 12 heteroatoms. The van der Waals surface area contributed by atoms with Crippen LogP contribution in [0.4, 0.5) is 29.9 Å². The van der Waals surface area contributed by atoms with E-state index in [0.717, 1.165) is 11.3 Å². The summed E-state index contributed by atoms with van der Waals surface area (Å²) in [5.74, 6) is -0.606. The van der Waals surface area contributed by atoms with Gasteiger partial charge in [0.25, 0.3) is 0 Å². The van der Waals surface area contributed by atoms with Gasteiger partial charge in [0.15, 0.2) is 5.15 Å². The molecule has 2 aromatic rings. The number of hydrogen-bond acceptors (Lipinski definition) is 8. The van der Waals surface area contributed by atoms with Crippen LogP contribution < -0.4 is 10.6 Å². The number of alkyl halides is 3. The van der Waals surface area contributed by atoms with E-state index in [4.69, 9.17) is 16.3 Å². The van der Waals surface area contributed by atoms with Crippen molar-refractivity contribution in [3.63, 3.8) is 0 Å². The number of ether oxygens (including phenoxy) is 1. The molecule has 0 radical (unpaired) electrons. The van der Waals surface area contributed by atoms with Crippen LogP contribution in [0.1, 0.15) is 23.9 Å². The van der Waals surface area contributed by atoms with Gasteiger partial charge in [0.05, 0.1) is 6.61 Å². The summed E-state index contributed by atoms with van der Waals surface area (Å²) in [5.41, 5.74) is -1.69. The van der Waals surface area contributed by atoms with E-state index >= 15 is 0 Å². The van der Waals surface area contributed by atoms with E-state index < -0.39 is 17.2 Å². The topological polar surface area (TPSA) is 89.0 Å². The second-order valence-corrected chi connectivity index (χ2v) is 7.58. The molecule has 2 atom stereocenters. The first-order valence-electron chi connectivity index (χ1n) is 8.05. The minimum atomic E-state index is -4.58. The number of carbonyl (C=O) groups excluding carboxylic acids is 1. The minimum absolute atomic E-state index is 0.0603. The van der Waals surface area contributed by atoms with E-state index in [-0.39, 0.29) is 35.4 Å². The molecule has 1 saturated heterocycles. The predicted octanol–water partition coefficient (Wildman–Crippen LogP) is 3.60. The van der Waals surface area contributed by atoms with E-state index in [0.29, 0.717) is 29.2 Å². The van der Waals surface area contributed by atoms with Gasteiger partial charge >= 0.3 is 12.1 Å². The number of hydrogen-bond donors (Lipinski definition) is 2. The maximum atomic E-state index is 13.0. The third-order valence-electron chi connectivity index (χ3n) is 4.52. The second kappa shape index (κ2) is 6.20. The van der Waals surface area contributed by atoms with Gasteiger partial charge < -0.3 is 15.4 Å². The number of cyclic esters (lactones) is 1. The molecule has 2 N–H and O–H groups in total. The van der Waals surface area contributed by atoms with Crippen molar-refractivity contribution in [2.75, 3.05) is 23.8 Å². The molecule has 1 saturated carbocycles. The summed E-state index contributed by atoms with van der Waals surface area (Å²) in [4.78, 5) is 23.9. The zero-order valence-electron chi connectivity index (χ0n) is 13.9. The highest BCUT2D eigenvalue weighted by Crippen LogP contribution is 2.60. The number of aromatic nitrogens is 3. The van der Waals surface area contributed by atoms with Crippen LogP contribution in [0, 0.1) is 5.92 Å². The summed E-state index contributed by atoms with van der Waals surface area (Å²) in [7, 11) is 0. The Morgan fingerprint density at radius 2 is 2.22 bits per heavy atom. The number of nitrogens with one attached hydrogen (secondary N) is 2. The molecule has 0 amide bonds. The number of halogens is 4. The van der Waals surface area contributed by atoms with Crippen molar-refractivity contribution in [2.45, 2.75) is 24.9 Å². The summed E-state index contributed by atoms with van der Waals surface area (Å²) >= 11 is 7.29. The lowest BCUT2D eigenvalue weighted by Crippen LogP contribution is -2.18.